The predicted octanol–water partition coefficient (Wildman–Crippen LogP) is 11.4. The van der Waals surface area contributed by atoms with Gasteiger partial charge in [-0.05, 0) is 51.8 Å². The Morgan fingerprint density at radius 2 is 0.841 bits per heavy atom. The molecule has 0 saturated heterocycles. The van der Waals surface area contributed by atoms with Crippen LogP contribution in [-0.2, 0) is 25.5 Å². The molecule has 0 bridgehead atoms. The minimum absolute atomic E-state index is 0.0402. The SMILES string of the molecule is CON(CCCN(CCSC(c1ccccc1)(c1ccccc1)c1ccccc1)CC(=O)NCCSC(c1ccccc1)(c1ccccc1)c1ccccc1)CCc1ccccc1. The average molecular weight is 870 g/mol. The third-order valence-electron chi connectivity index (χ3n) is 11.6. The van der Waals surface area contributed by atoms with Crippen molar-refractivity contribution in [1.82, 2.24) is 15.3 Å². The van der Waals surface area contributed by atoms with Gasteiger partial charge in [-0.1, -0.05) is 212 Å². The lowest BCUT2D eigenvalue weighted by Crippen LogP contribution is -2.41. The molecule has 0 aliphatic heterocycles. The number of benzene rings is 7. The molecular weight excluding hydrogens is 811 g/mol. The number of hydroxylamine groups is 2. The molecular formula is C56H59N3O2S2. The molecule has 7 aromatic rings. The quantitative estimate of drug-likeness (QED) is 0.0371. The van der Waals surface area contributed by atoms with Crippen molar-refractivity contribution in [3.8, 4) is 0 Å². The molecule has 0 aliphatic rings. The van der Waals surface area contributed by atoms with Crippen LogP contribution < -0.4 is 5.32 Å². The van der Waals surface area contributed by atoms with Crippen molar-refractivity contribution < 1.29 is 9.63 Å². The molecule has 0 radical (unpaired) electrons. The third kappa shape index (κ3) is 12.0. The number of rotatable bonds is 24. The van der Waals surface area contributed by atoms with E-state index >= 15 is 0 Å². The molecule has 5 nitrogen and oxygen atoms in total. The second-order valence-corrected chi connectivity index (χ2v) is 18.2. The van der Waals surface area contributed by atoms with Gasteiger partial charge < -0.3 is 10.2 Å². The first-order valence-electron chi connectivity index (χ1n) is 22.0. The van der Waals surface area contributed by atoms with E-state index in [-0.39, 0.29) is 5.91 Å². The smallest absolute Gasteiger partial charge is 0.234 e. The highest BCUT2D eigenvalue weighted by Gasteiger charge is 2.38. The molecule has 0 unspecified atom stereocenters. The lowest BCUT2D eigenvalue weighted by atomic mass is 9.84. The largest absolute Gasteiger partial charge is 0.354 e. The van der Waals surface area contributed by atoms with Crippen LogP contribution in [0.5, 0.6) is 0 Å². The maximum Gasteiger partial charge on any atom is 0.234 e. The molecule has 0 fully saturated rings. The zero-order valence-electron chi connectivity index (χ0n) is 36.3. The molecule has 7 aromatic carbocycles. The van der Waals surface area contributed by atoms with Gasteiger partial charge >= 0.3 is 0 Å². The van der Waals surface area contributed by atoms with Crippen molar-refractivity contribution in [2.45, 2.75) is 22.3 Å². The predicted molar refractivity (Wildman–Crippen MR) is 266 cm³/mol. The number of thioether (sulfide) groups is 2. The van der Waals surface area contributed by atoms with E-state index < -0.39 is 9.49 Å². The summed E-state index contributed by atoms with van der Waals surface area (Å²) < 4.78 is -0.865. The third-order valence-corrected chi connectivity index (χ3v) is 14.6. The summed E-state index contributed by atoms with van der Waals surface area (Å²) >= 11 is 3.81. The van der Waals surface area contributed by atoms with Crippen molar-refractivity contribution in [2.24, 2.45) is 0 Å². The molecule has 7 heteroatoms. The van der Waals surface area contributed by atoms with Gasteiger partial charge in [0, 0.05) is 44.2 Å². The molecule has 1 amide bonds. The second kappa shape index (κ2) is 23.9. The van der Waals surface area contributed by atoms with E-state index in [1.165, 1.54) is 38.9 Å². The van der Waals surface area contributed by atoms with E-state index in [9.17, 15) is 4.79 Å². The van der Waals surface area contributed by atoms with Gasteiger partial charge in [0.05, 0.1) is 23.1 Å². The van der Waals surface area contributed by atoms with Crippen LogP contribution in [0, 0.1) is 0 Å². The first-order chi connectivity index (χ1) is 31.1. The normalized spacial score (nSPS) is 11.8. The van der Waals surface area contributed by atoms with Gasteiger partial charge in [0.1, 0.15) is 0 Å². The molecule has 1 N–H and O–H groups in total. The Balaban J connectivity index is 1.06. The number of nitrogens with zero attached hydrogens (tertiary/aromatic N) is 2. The second-order valence-electron chi connectivity index (χ2n) is 15.6. The van der Waals surface area contributed by atoms with Gasteiger partial charge in [-0.3, -0.25) is 9.69 Å². The van der Waals surface area contributed by atoms with Gasteiger partial charge in [-0.15, -0.1) is 23.5 Å². The molecule has 7 rings (SSSR count). The fraction of sp³-hybridized carbons (Fsp3) is 0.232. The summed E-state index contributed by atoms with van der Waals surface area (Å²) in [5.41, 5.74) is 8.65. The Morgan fingerprint density at radius 3 is 1.22 bits per heavy atom. The Kier molecular flexibility index (Phi) is 17.3. The Hall–Kier alpha value is -5.41. The Labute approximate surface area is 383 Å². The average Bonchev–Trinajstić information content (AvgIpc) is 3.36. The van der Waals surface area contributed by atoms with E-state index in [1.54, 1.807) is 7.11 Å². The minimum Gasteiger partial charge on any atom is -0.354 e. The first kappa shape index (κ1) is 45.6. The summed E-state index contributed by atoms with van der Waals surface area (Å²) in [5, 5.41) is 5.37. The van der Waals surface area contributed by atoms with Crippen LogP contribution in [0.15, 0.2) is 212 Å². The molecule has 0 atom stereocenters. The number of hydrogen-bond acceptors (Lipinski definition) is 6. The molecule has 0 aromatic heterocycles. The highest BCUT2D eigenvalue weighted by Crippen LogP contribution is 2.49. The molecule has 0 heterocycles. The van der Waals surface area contributed by atoms with Gasteiger partial charge in [0.2, 0.25) is 5.91 Å². The lowest BCUT2D eigenvalue weighted by molar-refractivity contribution is -0.131. The maximum absolute atomic E-state index is 14.0. The summed E-state index contributed by atoms with van der Waals surface area (Å²) in [4.78, 5) is 22.2. The van der Waals surface area contributed by atoms with Gasteiger partial charge in [-0.25, -0.2) is 0 Å². The van der Waals surface area contributed by atoms with Gasteiger partial charge in [0.25, 0.3) is 0 Å². The van der Waals surface area contributed by atoms with Crippen molar-refractivity contribution in [2.75, 3.05) is 57.9 Å². The van der Waals surface area contributed by atoms with Crippen LogP contribution in [0.4, 0.5) is 0 Å². The highest BCUT2D eigenvalue weighted by atomic mass is 32.2. The van der Waals surface area contributed by atoms with Gasteiger partial charge in [0.15, 0.2) is 0 Å². The van der Waals surface area contributed by atoms with E-state index in [1.807, 2.05) is 28.6 Å². The molecule has 322 valence electrons. The molecule has 63 heavy (non-hydrogen) atoms. The van der Waals surface area contributed by atoms with Crippen LogP contribution in [-0.4, -0.2) is 73.8 Å². The number of carbonyl (C=O) groups excluding carboxylic acids is 1. The first-order valence-corrected chi connectivity index (χ1v) is 24.0. The standard InChI is InChI=1S/C56H59N3O2S2/c1-61-59(42-38-47-24-9-2-10-25-47)41-23-40-58(43-45-63-56(51-32-17-6-18-33-51,52-34-19-7-20-35-52)53-36-21-8-22-37-53)46-54(60)57-39-44-62-55(48-26-11-3-12-27-48,49-28-13-4-14-29-49)50-30-15-5-16-31-50/h2-22,24-37H,23,38-46H2,1H3,(H,57,60). The number of carbonyl (C=O) groups is 1. The van der Waals surface area contributed by atoms with Crippen LogP contribution in [0.3, 0.4) is 0 Å². The van der Waals surface area contributed by atoms with Crippen LogP contribution >= 0.6 is 23.5 Å². The van der Waals surface area contributed by atoms with E-state index in [0.717, 1.165) is 50.5 Å². The highest BCUT2D eigenvalue weighted by molar-refractivity contribution is 8.00. The summed E-state index contributed by atoms with van der Waals surface area (Å²) in [6, 6.07) is 75.3. The summed E-state index contributed by atoms with van der Waals surface area (Å²) in [6.45, 7) is 3.96. The summed E-state index contributed by atoms with van der Waals surface area (Å²) in [5.74, 6) is 1.59. The van der Waals surface area contributed by atoms with Crippen LogP contribution in [0.1, 0.15) is 45.4 Å². The summed E-state index contributed by atoms with van der Waals surface area (Å²) in [7, 11) is 1.75. The maximum atomic E-state index is 14.0. The van der Waals surface area contributed by atoms with Crippen molar-refractivity contribution in [3.05, 3.63) is 251 Å². The van der Waals surface area contributed by atoms with E-state index in [0.29, 0.717) is 13.1 Å². The van der Waals surface area contributed by atoms with Crippen molar-refractivity contribution in [1.29, 1.82) is 0 Å². The fourth-order valence-electron chi connectivity index (χ4n) is 8.45. The van der Waals surface area contributed by atoms with Crippen LogP contribution in [0.2, 0.25) is 0 Å². The van der Waals surface area contributed by atoms with Crippen molar-refractivity contribution >= 4 is 29.4 Å². The summed E-state index contributed by atoms with van der Waals surface area (Å²) in [6.07, 6.45) is 1.78. The Morgan fingerprint density at radius 1 is 0.476 bits per heavy atom. The number of nitrogens with one attached hydrogen (secondary N) is 1. The Bertz CT molecular complexity index is 2150. The fourth-order valence-corrected chi connectivity index (χ4v) is 11.4. The topological polar surface area (TPSA) is 44.8 Å². The zero-order valence-corrected chi connectivity index (χ0v) is 37.9. The molecule has 0 aliphatic carbocycles. The molecule has 0 saturated carbocycles. The van der Waals surface area contributed by atoms with Crippen molar-refractivity contribution in [3.63, 3.8) is 0 Å². The monoisotopic (exact) mass is 869 g/mol. The van der Waals surface area contributed by atoms with E-state index in [4.69, 9.17) is 4.84 Å². The minimum atomic E-state index is -0.436. The van der Waals surface area contributed by atoms with Crippen LogP contribution in [0.25, 0.3) is 0 Å². The van der Waals surface area contributed by atoms with E-state index in [2.05, 4.69) is 223 Å². The lowest BCUT2D eigenvalue weighted by Gasteiger charge is -2.36. The number of hydrogen-bond donors (Lipinski definition) is 1. The number of amides is 1. The van der Waals surface area contributed by atoms with Gasteiger partial charge in [-0.2, -0.15) is 5.06 Å². The molecule has 0 spiro atoms. The zero-order chi connectivity index (χ0) is 43.4.